The van der Waals surface area contributed by atoms with Crippen LogP contribution in [0.3, 0.4) is 0 Å². The first-order valence-corrected chi connectivity index (χ1v) is 8.98. The summed E-state index contributed by atoms with van der Waals surface area (Å²) < 4.78 is 0. The number of guanidine groups is 1. The van der Waals surface area contributed by atoms with Crippen molar-refractivity contribution in [3.63, 3.8) is 0 Å². The maximum atomic E-state index is 9.00. The van der Waals surface area contributed by atoms with Crippen molar-refractivity contribution in [2.45, 2.75) is 51.9 Å². The average Bonchev–Trinajstić information content (AvgIpc) is 2.49. The molecule has 4 nitrogen and oxygen atoms in total. The summed E-state index contributed by atoms with van der Waals surface area (Å²) in [6.45, 7) is 6.28. The van der Waals surface area contributed by atoms with Crippen LogP contribution in [-0.2, 0) is 0 Å². The number of hydrogen-bond donors (Lipinski definition) is 0. The molecule has 1 saturated heterocycles. The molecule has 0 saturated carbocycles. The number of rotatable bonds is 7. The van der Waals surface area contributed by atoms with Crippen LogP contribution in [0.15, 0.2) is 4.99 Å². The molecule has 0 N–H and O–H groups in total. The summed E-state index contributed by atoms with van der Waals surface area (Å²) in [5, 5.41) is 10.1. The number of piperidine rings is 1. The predicted octanol–water partition coefficient (Wildman–Crippen LogP) is 3.59. The molecule has 1 heterocycles. The summed E-state index contributed by atoms with van der Waals surface area (Å²) in [7, 11) is 0. The largest absolute Gasteiger partial charge is 0.342 e. The molecule has 0 amide bonds. The Hall–Kier alpha value is -0.760. The monoisotopic (exact) mass is 342 g/mol. The second-order valence-corrected chi connectivity index (χ2v) is 6.09. The van der Waals surface area contributed by atoms with Crippen molar-refractivity contribution in [2.24, 2.45) is 4.99 Å². The minimum absolute atomic E-state index is 0.910. The van der Waals surface area contributed by atoms with Crippen molar-refractivity contribution in [1.29, 1.82) is 5.26 Å². The Labute approximate surface area is 132 Å². The van der Waals surface area contributed by atoms with Crippen molar-refractivity contribution in [2.75, 3.05) is 31.5 Å². The van der Waals surface area contributed by atoms with Crippen LogP contribution in [0.1, 0.15) is 51.9 Å². The van der Waals surface area contributed by atoms with Crippen molar-refractivity contribution >= 4 is 21.9 Å². The molecule has 0 aromatic heterocycles. The van der Waals surface area contributed by atoms with Crippen LogP contribution >= 0.6 is 15.9 Å². The molecular weight excluding hydrogens is 316 g/mol. The van der Waals surface area contributed by atoms with E-state index in [1.54, 1.807) is 0 Å². The van der Waals surface area contributed by atoms with Gasteiger partial charge in [-0.15, -0.1) is 4.99 Å². The number of hydrogen-bond acceptors (Lipinski definition) is 2. The standard InChI is InChI=1S/C15H27BrN4/c1-2-10-19(11-6-3-5-9-16)15(18-14-17)20-12-7-4-8-13-20/h2-13H2,1H3. The van der Waals surface area contributed by atoms with Gasteiger partial charge in [-0.2, -0.15) is 5.26 Å². The van der Waals surface area contributed by atoms with Gasteiger partial charge in [0.05, 0.1) is 0 Å². The maximum Gasteiger partial charge on any atom is 0.212 e. The van der Waals surface area contributed by atoms with Crippen LogP contribution in [0.4, 0.5) is 0 Å². The lowest BCUT2D eigenvalue weighted by atomic mass is 10.1. The Kier molecular flexibility index (Phi) is 9.48. The van der Waals surface area contributed by atoms with E-state index >= 15 is 0 Å². The molecule has 1 aliphatic heterocycles. The highest BCUT2D eigenvalue weighted by atomic mass is 79.9. The Balaban J connectivity index is 2.62. The van der Waals surface area contributed by atoms with E-state index < -0.39 is 0 Å². The molecular formula is C15H27BrN4. The van der Waals surface area contributed by atoms with Gasteiger partial charge in [-0.05, 0) is 38.5 Å². The van der Waals surface area contributed by atoms with Gasteiger partial charge < -0.3 is 9.80 Å². The van der Waals surface area contributed by atoms with Crippen molar-refractivity contribution in [3.8, 4) is 6.19 Å². The molecule has 0 bridgehead atoms. The minimum atomic E-state index is 0.910. The van der Waals surface area contributed by atoms with E-state index in [0.717, 1.165) is 43.9 Å². The van der Waals surface area contributed by atoms with E-state index in [4.69, 9.17) is 5.26 Å². The summed E-state index contributed by atoms with van der Waals surface area (Å²) in [5.41, 5.74) is 0. The van der Waals surface area contributed by atoms with Crippen LogP contribution in [0.2, 0.25) is 0 Å². The zero-order chi connectivity index (χ0) is 14.6. The molecule has 0 aliphatic carbocycles. The normalized spacial score (nSPS) is 16.1. The first kappa shape index (κ1) is 17.3. The zero-order valence-electron chi connectivity index (χ0n) is 12.7. The van der Waals surface area contributed by atoms with Gasteiger partial charge in [-0.25, -0.2) is 0 Å². The molecule has 0 aromatic rings. The fraction of sp³-hybridized carbons (Fsp3) is 0.867. The number of likely N-dealkylation sites (tertiary alicyclic amines) is 1. The van der Waals surface area contributed by atoms with E-state index in [-0.39, 0.29) is 0 Å². The second kappa shape index (κ2) is 11.0. The predicted molar refractivity (Wildman–Crippen MR) is 88.0 cm³/mol. The van der Waals surface area contributed by atoms with Crippen molar-refractivity contribution in [3.05, 3.63) is 0 Å². The molecule has 0 aromatic carbocycles. The van der Waals surface area contributed by atoms with Gasteiger partial charge in [0.25, 0.3) is 0 Å². The maximum absolute atomic E-state index is 9.00. The number of aliphatic imine (C=N–C) groups is 1. The summed E-state index contributed by atoms with van der Waals surface area (Å²) in [5.74, 6) is 0.910. The highest BCUT2D eigenvalue weighted by molar-refractivity contribution is 9.09. The molecule has 5 heteroatoms. The number of halogens is 1. The second-order valence-electron chi connectivity index (χ2n) is 5.30. The summed E-state index contributed by atoms with van der Waals surface area (Å²) in [6, 6.07) is 0. The first-order valence-electron chi connectivity index (χ1n) is 7.86. The first-order chi connectivity index (χ1) is 9.83. The molecule has 0 atom stereocenters. The van der Waals surface area contributed by atoms with E-state index in [9.17, 15) is 0 Å². The smallest absolute Gasteiger partial charge is 0.212 e. The lowest BCUT2D eigenvalue weighted by Crippen LogP contribution is -2.47. The van der Waals surface area contributed by atoms with Gasteiger partial charge in [0, 0.05) is 31.5 Å². The Morgan fingerprint density at radius 1 is 1.20 bits per heavy atom. The van der Waals surface area contributed by atoms with Crippen LogP contribution in [0.5, 0.6) is 0 Å². The van der Waals surface area contributed by atoms with E-state index in [0.29, 0.717) is 0 Å². The third kappa shape index (κ3) is 6.13. The SMILES string of the molecule is CCCN(CCCCCBr)C(=NC#N)N1CCCCC1. The molecule has 0 radical (unpaired) electrons. The Morgan fingerprint density at radius 2 is 1.95 bits per heavy atom. The molecule has 0 unspecified atom stereocenters. The van der Waals surface area contributed by atoms with Crippen LogP contribution in [0, 0.1) is 11.5 Å². The van der Waals surface area contributed by atoms with E-state index in [2.05, 4.69) is 37.6 Å². The summed E-state index contributed by atoms with van der Waals surface area (Å²) >= 11 is 3.48. The van der Waals surface area contributed by atoms with Gasteiger partial charge in [0.2, 0.25) is 12.2 Å². The molecule has 20 heavy (non-hydrogen) atoms. The summed E-state index contributed by atoms with van der Waals surface area (Å²) in [6.07, 6.45) is 10.4. The quantitative estimate of drug-likeness (QED) is 0.233. The highest BCUT2D eigenvalue weighted by Gasteiger charge is 2.20. The number of nitriles is 1. The fourth-order valence-corrected chi connectivity index (χ4v) is 3.03. The number of unbranched alkanes of at least 4 members (excludes halogenated alkanes) is 2. The van der Waals surface area contributed by atoms with Crippen LogP contribution in [-0.4, -0.2) is 47.3 Å². The fourth-order valence-electron chi connectivity index (χ4n) is 2.64. The molecule has 114 valence electrons. The van der Waals surface area contributed by atoms with Gasteiger partial charge in [-0.3, -0.25) is 0 Å². The number of alkyl halides is 1. The van der Waals surface area contributed by atoms with E-state index in [1.807, 2.05) is 6.19 Å². The van der Waals surface area contributed by atoms with Gasteiger partial charge in [0.15, 0.2) is 0 Å². The molecule has 0 spiro atoms. The lowest BCUT2D eigenvalue weighted by Gasteiger charge is -2.36. The topological polar surface area (TPSA) is 42.6 Å². The lowest BCUT2D eigenvalue weighted by molar-refractivity contribution is 0.277. The van der Waals surface area contributed by atoms with Crippen molar-refractivity contribution in [1.82, 2.24) is 9.80 Å². The third-order valence-electron chi connectivity index (χ3n) is 3.63. The van der Waals surface area contributed by atoms with Crippen LogP contribution < -0.4 is 0 Å². The molecule has 1 fully saturated rings. The zero-order valence-corrected chi connectivity index (χ0v) is 14.2. The van der Waals surface area contributed by atoms with Gasteiger partial charge in [-0.1, -0.05) is 29.3 Å². The molecule has 1 aliphatic rings. The molecule has 1 rings (SSSR count). The van der Waals surface area contributed by atoms with Gasteiger partial charge >= 0.3 is 0 Å². The minimum Gasteiger partial charge on any atom is -0.342 e. The van der Waals surface area contributed by atoms with Crippen LogP contribution in [0.25, 0.3) is 0 Å². The van der Waals surface area contributed by atoms with Crippen molar-refractivity contribution < 1.29 is 0 Å². The highest BCUT2D eigenvalue weighted by Crippen LogP contribution is 2.13. The summed E-state index contributed by atoms with van der Waals surface area (Å²) in [4.78, 5) is 8.74. The Bertz CT molecular complexity index is 318. The average molecular weight is 343 g/mol. The number of nitrogens with zero attached hydrogens (tertiary/aromatic N) is 4. The third-order valence-corrected chi connectivity index (χ3v) is 4.19. The Morgan fingerprint density at radius 3 is 2.55 bits per heavy atom. The van der Waals surface area contributed by atoms with Gasteiger partial charge in [0.1, 0.15) is 0 Å². The van der Waals surface area contributed by atoms with E-state index in [1.165, 1.54) is 38.5 Å².